The van der Waals surface area contributed by atoms with Gasteiger partial charge in [0, 0.05) is 31.9 Å². The number of ether oxygens (including phenoxy) is 1. The summed E-state index contributed by atoms with van der Waals surface area (Å²) in [6.07, 6.45) is 2.62. The highest BCUT2D eigenvalue weighted by Crippen LogP contribution is 2.27. The van der Waals surface area contributed by atoms with Crippen LogP contribution in [0.3, 0.4) is 0 Å². The van der Waals surface area contributed by atoms with Crippen molar-refractivity contribution in [3.05, 3.63) is 29.3 Å². The van der Waals surface area contributed by atoms with Crippen molar-refractivity contribution in [2.45, 2.75) is 32.4 Å². The van der Waals surface area contributed by atoms with Crippen LogP contribution in [0.15, 0.2) is 18.2 Å². The average Bonchev–Trinajstić information content (AvgIpc) is 2.63. The lowest BCUT2D eigenvalue weighted by atomic mass is 9.98. The molecule has 0 aromatic heterocycles. The predicted molar refractivity (Wildman–Crippen MR) is 74.1 cm³/mol. The van der Waals surface area contributed by atoms with Crippen molar-refractivity contribution >= 4 is 5.69 Å². The Labute approximate surface area is 109 Å². The van der Waals surface area contributed by atoms with Gasteiger partial charge in [0.25, 0.3) is 0 Å². The Balaban J connectivity index is 1.90. The lowest BCUT2D eigenvalue weighted by Gasteiger charge is -2.29. The Morgan fingerprint density at radius 2 is 2.33 bits per heavy atom. The molecule has 0 bridgehead atoms. The molecule has 3 heteroatoms. The van der Waals surface area contributed by atoms with Crippen LogP contribution in [0.5, 0.6) is 0 Å². The summed E-state index contributed by atoms with van der Waals surface area (Å²) in [5.74, 6) is 0. The van der Waals surface area contributed by atoms with Gasteiger partial charge in [-0.3, -0.25) is 0 Å². The third-order valence-electron chi connectivity index (χ3n) is 3.91. The molecule has 2 aliphatic heterocycles. The van der Waals surface area contributed by atoms with Crippen molar-refractivity contribution in [1.29, 1.82) is 0 Å². The van der Waals surface area contributed by atoms with Crippen LogP contribution in [-0.2, 0) is 17.7 Å². The van der Waals surface area contributed by atoms with Crippen molar-refractivity contribution in [1.82, 2.24) is 5.32 Å². The smallest absolute Gasteiger partial charge is 0.0721 e. The molecular weight excluding hydrogens is 224 g/mol. The second-order valence-electron chi connectivity index (χ2n) is 5.32. The van der Waals surface area contributed by atoms with Crippen LogP contribution in [0.1, 0.15) is 24.5 Å². The van der Waals surface area contributed by atoms with Gasteiger partial charge in [-0.25, -0.2) is 0 Å². The zero-order valence-electron chi connectivity index (χ0n) is 11.1. The molecular formula is C15H22N2O. The van der Waals surface area contributed by atoms with E-state index < -0.39 is 0 Å². The topological polar surface area (TPSA) is 24.5 Å². The molecule has 1 saturated heterocycles. The molecule has 1 aromatic rings. The summed E-state index contributed by atoms with van der Waals surface area (Å²) >= 11 is 0. The van der Waals surface area contributed by atoms with Crippen LogP contribution in [0.4, 0.5) is 5.69 Å². The Morgan fingerprint density at radius 1 is 1.39 bits per heavy atom. The first-order valence-electron chi connectivity index (χ1n) is 7.02. The summed E-state index contributed by atoms with van der Waals surface area (Å²) in [4.78, 5) is 2.52. The molecule has 1 N–H and O–H groups in total. The van der Waals surface area contributed by atoms with E-state index in [0.29, 0.717) is 6.10 Å². The molecule has 3 rings (SSSR count). The molecule has 0 spiro atoms. The van der Waals surface area contributed by atoms with E-state index in [4.69, 9.17) is 4.74 Å². The van der Waals surface area contributed by atoms with E-state index in [0.717, 1.165) is 45.6 Å². The van der Waals surface area contributed by atoms with Crippen molar-refractivity contribution in [2.24, 2.45) is 0 Å². The second-order valence-corrected chi connectivity index (χ2v) is 5.32. The maximum absolute atomic E-state index is 5.74. The fourth-order valence-electron chi connectivity index (χ4n) is 3.02. The molecule has 1 atom stereocenters. The molecule has 1 unspecified atom stereocenters. The fourth-order valence-corrected chi connectivity index (χ4v) is 3.02. The summed E-state index contributed by atoms with van der Waals surface area (Å²) in [6.45, 7) is 7.33. The number of hydrogen-bond donors (Lipinski definition) is 1. The van der Waals surface area contributed by atoms with E-state index in [1.165, 1.54) is 11.3 Å². The number of hydrogen-bond acceptors (Lipinski definition) is 3. The molecule has 1 aromatic carbocycles. The SMILES string of the molecule is CC1CN(c2cccc3c2CCNC3)CCCO1. The van der Waals surface area contributed by atoms with Gasteiger partial charge in [0.15, 0.2) is 0 Å². The minimum absolute atomic E-state index is 0.338. The first-order chi connectivity index (χ1) is 8.84. The van der Waals surface area contributed by atoms with Crippen LogP contribution < -0.4 is 10.2 Å². The minimum Gasteiger partial charge on any atom is -0.377 e. The van der Waals surface area contributed by atoms with Gasteiger partial charge in [0.2, 0.25) is 0 Å². The lowest BCUT2D eigenvalue weighted by Crippen LogP contribution is -2.33. The van der Waals surface area contributed by atoms with Gasteiger partial charge in [-0.15, -0.1) is 0 Å². The number of nitrogens with one attached hydrogen (secondary N) is 1. The highest BCUT2D eigenvalue weighted by atomic mass is 16.5. The highest BCUT2D eigenvalue weighted by molar-refractivity contribution is 5.58. The maximum Gasteiger partial charge on any atom is 0.0721 e. The molecule has 18 heavy (non-hydrogen) atoms. The number of nitrogens with zero attached hydrogens (tertiary/aromatic N) is 1. The van der Waals surface area contributed by atoms with Crippen molar-refractivity contribution in [3.8, 4) is 0 Å². The van der Waals surface area contributed by atoms with E-state index >= 15 is 0 Å². The largest absolute Gasteiger partial charge is 0.377 e. The summed E-state index contributed by atoms with van der Waals surface area (Å²) < 4.78 is 5.74. The summed E-state index contributed by atoms with van der Waals surface area (Å²) in [5.41, 5.74) is 4.45. The molecule has 0 saturated carbocycles. The first-order valence-corrected chi connectivity index (χ1v) is 7.02. The number of rotatable bonds is 1. The predicted octanol–water partition coefficient (Wildman–Crippen LogP) is 1.95. The molecule has 98 valence electrons. The van der Waals surface area contributed by atoms with Crippen molar-refractivity contribution in [3.63, 3.8) is 0 Å². The third kappa shape index (κ3) is 2.38. The van der Waals surface area contributed by atoms with E-state index in [1.807, 2.05) is 0 Å². The van der Waals surface area contributed by atoms with Gasteiger partial charge in [-0.1, -0.05) is 12.1 Å². The fraction of sp³-hybridized carbons (Fsp3) is 0.600. The third-order valence-corrected chi connectivity index (χ3v) is 3.91. The van der Waals surface area contributed by atoms with Crippen LogP contribution in [-0.4, -0.2) is 32.3 Å². The molecule has 1 fully saturated rings. The van der Waals surface area contributed by atoms with Crippen LogP contribution in [0.25, 0.3) is 0 Å². The van der Waals surface area contributed by atoms with Crippen LogP contribution >= 0.6 is 0 Å². The number of fused-ring (bicyclic) bond motifs is 1. The van der Waals surface area contributed by atoms with E-state index in [-0.39, 0.29) is 0 Å². The molecule has 0 aliphatic carbocycles. The van der Waals surface area contributed by atoms with Gasteiger partial charge in [0.05, 0.1) is 6.10 Å². The van der Waals surface area contributed by atoms with Gasteiger partial charge >= 0.3 is 0 Å². The summed E-state index contributed by atoms with van der Waals surface area (Å²) in [5, 5.41) is 3.45. The van der Waals surface area contributed by atoms with Gasteiger partial charge in [-0.05, 0) is 43.5 Å². The van der Waals surface area contributed by atoms with Crippen molar-refractivity contribution < 1.29 is 4.74 Å². The summed E-state index contributed by atoms with van der Waals surface area (Å²) in [7, 11) is 0. The summed E-state index contributed by atoms with van der Waals surface area (Å²) in [6, 6.07) is 6.72. The van der Waals surface area contributed by atoms with Gasteiger partial charge < -0.3 is 15.0 Å². The molecule has 0 radical (unpaired) electrons. The lowest BCUT2D eigenvalue weighted by molar-refractivity contribution is 0.0821. The maximum atomic E-state index is 5.74. The molecule has 0 amide bonds. The Kier molecular flexibility index (Phi) is 3.52. The van der Waals surface area contributed by atoms with E-state index in [1.54, 1.807) is 5.56 Å². The van der Waals surface area contributed by atoms with Gasteiger partial charge in [0.1, 0.15) is 0 Å². The first kappa shape index (κ1) is 12.0. The van der Waals surface area contributed by atoms with Crippen molar-refractivity contribution in [2.75, 3.05) is 31.1 Å². The number of anilines is 1. The normalized spacial score (nSPS) is 24.5. The average molecular weight is 246 g/mol. The van der Waals surface area contributed by atoms with Crippen LogP contribution in [0, 0.1) is 0 Å². The zero-order valence-corrected chi connectivity index (χ0v) is 11.1. The molecule has 3 nitrogen and oxygen atoms in total. The van der Waals surface area contributed by atoms with E-state index in [2.05, 4.69) is 35.3 Å². The Morgan fingerprint density at radius 3 is 3.28 bits per heavy atom. The quantitative estimate of drug-likeness (QED) is 0.819. The molecule has 2 aliphatic rings. The Bertz CT molecular complexity index is 419. The van der Waals surface area contributed by atoms with Crippen LogP contribution in [0.2, 0.25) is 0 Å². The minimum atomic E-state index is 0.338. The monoisotopic (exact) mass is 246 g/mol. The number of benzene rings is 1. The van der Waals surface area contributed by atoms with E-state index in [9.17, 15) is 0 Å². The Hall–Kier alpha value is -1.06. The zero-order chi connectivity index (χ0) is 12.4. The standard InChI is InChI=1S/C15H22N2O/c1-12-11-17(8-3-9-18-12)15-5-2-4-13-10-16-7-6-14(13)15/h2,4-5,12,16H,3,6-11H2,1H3. The molecule has 2 heterocycles. The highest BCUT2D eigenvalue weighted by Gasteiger charge is 2.20. The second kappa shape index (κ2) is 5.29. The van der Waals surface area contributed by atoms with Gasteiger partial charge in [-0.2, -0.15) is 0 Å².